The summed E-state index contributed by atoms with van der Waals surface area (Å²) < 4.78 is 0. The van der Waals surface area contributed by atoms with E-state index in [-0.39, 0.29) is 0 Å². The molecule has 1 fully saturated rings. The SMILES string of the molecule is CCNC(C)c1ccc(N2CC(C)CC2C)cn1. The Bertz CT molecular complexity index is 374. The van der Waals surface area contributed by atoms with Crippen LogP contribution >= 0.6 is 0 Å². The average Bonchev–Trinajstić information content (AvgIpc) is 2.69. The summed E-state index contributed by atoms with van der Waals surface area (Å²) in [5, 5.41) is 3.39. The maximum absolute atomic E-state index is 4.60. The van der Waals surface area contributed by atoms with Crippen molar-refractivity contribution < 1.29 is 0 Å². The van der Waals surface area contributed by atoms with E-state index in [4.69, 9.17) is 0 Å². The van der Waals surface area contributed by atoms with E-state index >= 15 is 0 Å². The largest absolute Gasteiger partial charge is 0.367 e. The number of anilines is 1. The van der Waals surface area contributed by atoms with Crippen LogP contribution in [0.2, 0.25) is 0 Å². The first-order valence-electron chi connectivity index (χ1n) is 7.07. The van der Waals surface area contributed by atoms with Crippen molar-refractivity contribution >= 4 is 5.69 Å². The summed E-state index contributed by atoms with van der Waals surface area (Å²) in [4.78, 5) is 7.07. The highest BCUT2D eigenvalue weighted by Crippen LogP contribution is 2.28. The van der Waals surface area contributed by atoms with Crippen molar-refractivity contribution in [3.05, 3.63) is 24.0 Å². The molecule has 1 aromatic rings. The van der Waals surface area contributed by atoms with Gasteiger partial charge in [-0.15, -0.1) is 0 Å². The lowest BCUT2D eigenvalue weighted by atomic mass is 10.1. The predicted octanol–water partition coefficient (Wildman–Crippen LogP) is 2.99. The summed E-state index contributed by atoms with van der Waals surface area (Å²) in [6.07, 6.45) is 3.31. The molecular formula is C15H25N3. The van der Waals surface area contributed by atoms with Crippen molar-refractivity contribution in [2.45, 2.75) is 46.2 Å². The Balaban J connectivity index is 2.08. The molecule has 0 aromatic carbocycles. The van der Waals surface area contributed by atoms with Crippen molar-refractivity contribution in [1.29, 1.82) is 0 Å². The number of nitrogens with zero attached hydrogens (tertiary/aromatic N) is 2. The van der Waals surface area contributed by atoms with Gasteiger partial charge in [0.15, 0.2) is 0 Å². The molecule has 0 amide bonds. The van der Waals surface area contributed by atoms with Gasteiger partial charge in [0.2, 0.25) is 0 Å². The van der Waals surface area contributed by atoms with Crippen molar-refractivity contribution in [1.82, 2.24) is 10.3 Å². The van der Waals surface area contributed by atoms with Gasteiger partial charge in [-0.05, 0) is 44.9 Å². The van der Waals surface area contributed by atoms with Gasteiger partial charge in [-0.25, -0.2) is 0 Å². The van der Waals surface area contributed by atoms with Crippen LogP contribution in [0.4, 0.5) is 5.69 Å². The first-order chi connectivity index (χ1) is 8.61. The van der Waals surface area contributed by atoms with E-state index in [1.54, 1.807) is 0 Å². The zero-order valence-electron chi connectivity index (χ0n) is 12.0. The minimum Gasteiger partial charge on any atom is -0.367 e. The number of hydrogen-bond acceptors (Lipinski definition) is 3. The third-order valence-electron chi connectivity index (χ3n) is 3.84. The second-order valence-electron chi connectivity index (χ2n) is 5.56. The number of rotatable bonds is 4. The molecule has 1 aromatic heterocycles. The molecule has 3 heteroatoms. The summed E-state index contributed by atoms with van der Waals surface area (Å²) in [5.74, 6) is 0.792. The molecule has 1 aliphatic heterocycles. The molecule has 3 atom stereocenters. The second kappa shape index (κ2) is 5.70. The molecule has 3 unspecified atom stereocenters. The number of hydrogen-bond donors (Lipinski definition) is 1. The van der Waals surface area contributed by atoms with E-state index in [1.807, 2.05) is 6.20 Å². The summed E-state index contributed by atoms with van der Waals surface area (Å²) in [6.45, 7) is 11.0. The Labute approximate surface area is 111 Å². The van der Waals surface area contributed by atoms with Crippen molar-refractivity contribution in [3.8, 4) is 0 Å². The van der Waals surface area contributed by atoms with Crippen LogP contribution in [0.25, 0.3) is 0 Å². The fourth-order valence-corrected chi connectivity index (χ4v) is 2.89. The summed E-state index contributed by atoms with van der Waals surface area (Å²) in [7, 11) is 0. The van der Waals surface area contributed by atoms with Crippen LogP contribution in [0, 0.1) is 5.92 Å². The quantitative estimate of drug-likeness (QED) is 0.886. The normalized spacial score (nSPS) is 25.4. The Kier molecular flexibility index (Phi) is 4.23. The highest BCUT2D eigenvalue weighted by Gasteiger charge is 2.26. The predicted molar refractivity (Wildman–Crippen MR) is 76.9 cm³/mol. The van der Waals surface area contributed by atoms with Crippen molar-refractivity contribution in [2.24, 2.45) is 5.92 Å². The fourth-order valence-electron chi connectivity index (χ4n) is 2.89. The van der Waals surface area contributed by atoms with Crippen LogP contribution < -0.4 is 10.2 Å². The van der Waals surface area contributed by atoms with Crippen LogP contribution in [-0.2, 0) is 0 Å². The van der Waals surface area contributed by atoms with E-state index in [1.165, 1.54) is 12.1 Å². The Morgan fingerprint density at radius 1 is 1.44 bits per heavy atom. The van der Waals surface area contributed by atoms with Crippen molar-refractivity contribution in [3.63, 3.8) is 0 Å². The Morgan fingerprint density at radius 2 is 2.22 bits per heavy atom. The van der Waals surface area contributed by atoms with E-state index in [9.17, 15) is 0 Å². The zero-order valence-corrected chi connectivity index (χ0v) is 12.0. The van der Waals surface area contributed by atoms with Gasteiger partial charge in [-0.3, -0.25) is 4.98 Å². The molecule has 0 aliphatic carbocycles. The van der Waals surface area contributed by atoms with Crippen LogP contribution in [0.3, 0.4) is 0 Å². The number of nitrogens with one attached hydrogen (secondary N) is 1. The van der Waals surface area contributed by atoms with Crippen molar-refractivity contribution in [2.75, 3.05) is 18.0 Å². The molecule has 100 valence electrons. The summed E-state index contributed by atoms with van der Waals surface area (Å²) in [6, 6.07) is 5.33. The molecule has 1 N–H and O–H groups in total. The van der Waals surface area contributed by atoms with Gasteiger partial charge >= 0.3 is 0 Å². The van der Waals surface area contributed by atoms with Crippen LogP contribution in [0.5, 0.6) is 0 Å². The Hall–Kier alpha value is -1.09. The monoisotopic (exact) mass is 247 g/mol. The van der Waals surface area contributed by atoms with E-state index in [0.29, 0.717) is 12.1 Å². The van der Waals surface area contributed by atoms with Crippen LogP contribution in [0.15, 0.2) is 18.3 Å². The maximum atomic E-state index is 4.60. The molecule has 0 saturated carbocycles. The van der Waals surface area contributed by atoms with Gasteiger partial charge in [-0.2, -0.15) is 0 Å². The summed E-state index contributed by atoms with van der Waals surface area (Å²) >= 11 is 0. The minimum atomic E-state index is 0.332. The number of aromatic nitrogens is 1. The third-order valence-corrected chi connectivity index (χ3v) is 3.84. The molecule has 0 spiro atoms. The van der Waals surface area contributed by atoms with E-state index in [0.717, 1.165) is 24.7 Å². The van der Waals surface area contributed by atoms with Crippen LogP contribution in [0.1, 0.15) is 45.9 Å². The highest BCUT2D eigenvalue weighted by atomic mass is 15.2. The summed E-state index contributed by atoms with van der Waals surface area (Å²) in [5.41, 5.74) is 2.39. The lowest BCUT2D eigenvalue weighted by Gasteiger charge is -2.24. The zero-order chi connectivity index (χ0) is 13.1. The molecule has 2 rings (SSSR count). The topological polar surface area (TPSA) is 28.2 Å². The Morgan fingerprint density at radius 3 is 2.72 bits per heavy atom. The van der Waals surface area contributed by atoms with Gasteiger partial charge in [-0.1, -0.05) is 13.8 Å². The lowest BCUT2D eigenvalue weighted by molar-refractivity contribution is 0.583. The molecule has 1 aliphatic rings. The standard InChI is InChI=1S/C15H25N3/c1-5-16-13(4)15-7-6-14(9-17-15)18-10-11(2)8-12(18)3/h6-7,9,11-13,16H,5,8,10H2,1-4H3. The molecule has 3 nitrogen and oxygen atoms in total. The van der Waals surface area contributed by atoms with Gasteiger partial charge in [0.1, 0.15) is 0 Å². The highest BCUT2D eigenvalue weighted by molar-refractivity contribution is 5.47. The molecular weight excluding hydrogens is 222 g/mol. The molecule has 0 bridgehead atoms. The fraction of sp³-hybridized carbons (Fsp3) is 0.667. The molecule has 2 heterocycles. The van der Waals surface area contributed by atoms with E-state index < -0.39 is 0 Å². The first kappa shape index (κ1) is 13.3. The lowest BCUT2D eigenvalue weighted by Crippen LogP contribution is -2.27. The molecule has 0 radical (unpaired) electrons. The van der Waals surface area contributed by atoms with Gasteiger partial charge in [0.25, 0.3) is 0 Å². The average molecular weight is 247 g/mol. The second-order valence-corrected chi connectivity index (χ2v) is 5.56. The van der Waals surface area contributed by atoms with Gasteiger partial charge in [0, 0.05) is 18.6 Å². The smallest absolute Gasteiger partial charge is 0.0572 e. The molecule has 18 heavy (non-hydrogen) atoms. The first-order valence-corrected chi connectivity index (χ1v) is 7.07. The third kappa shape index (κ3) is 2.83. The van der Waals surface area contributed by atoms with Gasteiger partial charge in [0.05, 0.1) is 17.6 Å². The van der Waals surface area contributed by atoms with E-state index in [2.05, 4.69) is 55.0 Å². The maximum Gasteiger partial charge on any atom is 0.0572 e. The van der Waals surface area contributed by atoms with Crippen LogP contribution in [-0.4, -0.2) is 24.1 Å². The van der Waals surface area contributed by atoms with Gasteiger partial charge < -0.3 is 10.2 Å². The molecule has 1 saturated heterocycles. The number of pyridine rings is 1. The minimum absolute atomic E-state index is 0.332.